The molecule has 1 rings (SSSR count). The Hall–Kier alpha value is -0.290. The molecule has 0 bridgehead atoms. The second kappa shape index (κ2) is 4.98. The fraction of sp³-hybridized carbons (Fsp3) is 1.00. The highest BCUT2D eigenvalue weighted by molar-refractivity contribution is 4.79. The van der Waals surface area contributed by atoms with Crippen LogP contribution in [0.25, 0.3) is 0 Å². The summed E-state index contributed by atoms with van der Waals surface area (Å²) in [6.07, 6.45) is 0.249. The molecule has 1 saturated heterocycles. The molecule has 0 saturated carbocycles. The number of nitrogens with one attached hydrogen (secondary N) is 1. The molecular formula is C9H17F3N2. The van der Waals surface area contributed by atoms with Gasteiger partial charge in [-0.2, -0.15) is 0 Å². The van der Waals surface area contributed by atoms with Crippen molar-refractivity contribution >= 4 is 0 Å². The SMILES string of the molecule is CNCC(F)(F)CN1CCCC(F)C1. The molecule has 0 aromatic rings. The molecule has 0 aromatic carbocycles. The summed E-state index contributed by atoms with van der Waals surface area (Å²) >= 11 is 0. The van der Waals surface area contributed by atoms with Gasteiger partial charge in [0.1, 0.15) is 6.17 Å². The first-order valence-corrected chi connectivity index (χ1v) is 4.92. The molecule has 1 heterocycles. The lowest BCUT2D eigenvalue weighted by molar-refractivity contribution is -0.0395. The summed E-state index contributed by atoms with van der Waals surface area (Å²) in [7, 11) is 1.49. The van der Waals surface area contributed by atoms with E-state index in [2.05, 4.69) is 5.32 Å². The van der Waals surface area contributed by atoms with Crippen LogP contribution in [0.15, 0.2) is 0 Å². The minimum Gasteiger partial charge on any atom is -0.314 e. The number of nitrogens with zero attached hydrogens (tertiary/aromatic N) is 1. The van der Waals surface area contributed by atoms with Crippen molar-refractivity contribution in [1.82, 2.24) is 10.2 Å². The van der Waals surface area contributed by atoms with Crippen molar-refractivity contribution in [1.29, 1.82) is 0 Å². The zero-order valence-corrected chi connectivity index (χ0v) is 8.40. The molecule has 0 radical (unpaired) electrons. The van der Waals surface area contributed by atoms with Gasteiger partial charge in [0.2, 0.25) is 0 Å². The lowest BCUT2D eigenvalue weighted by Gasteiger charge is -2.31. The molecule has 1 atom stereocenters. The number of halogens is 3. The first kappa shape index (κ1) is 11.8. The number of alkyl halides is 3. The molecule has 0 spiro atoms. The fourth-order valence-corrected chi connectivity index (χ4v) is 1.78. The Kier molecular flexibility index (Phi) is 4.19. The average molecular weight is 210 g/mol. The molecule has 2 nitrogen and oxygen atoms in total. The zero-order chi connectivity index (χ0) is 10.6. The van der Waals surface area contributed by atoms with Gasteiger partial charge in [-0.1, -0.05) is 0 Å². The molecule has 84 valence electrons. The molecule has 0 amide bonds. The number of piperidine rings is 1. The van der Waals surface area contributed by atoms with Crippen molar-refractivity contribution < 1.29 is 13.2 Å². The lowest BCUT2D eigenvalue weighted by Crippen LogP contribution is -2.46. The van der Waals surface area contributed by atoms with Gasteiger partial charge < -0.3 is 5.32 Å². The van der Waals surface area contributed by atoms with Crippen LogP contribution in [0.5, 0.6) is 0 Å². The van der Waals surface area contributed by atoms with Crippen LogP contribution in [0.4, 0.5) is 13.2 Å². The van der Waals surface area contributed by atoms with E-state index < -0.39 is 12.1 Å². The zero-order valence-electron chi connectivity index (χ0n) is 8.40. The number of hydrogen-bond donors (Lipinski definition) is 1. The van der Waals surface area contributed by atoms with Crippen molar-refractivity contribution in [2.45, 2.75) is 24.9 Å². The highest BCUT2D eigenvalue weighted by Crippen LogP contribution is 2.19. The van der Waals surface area contributed by atoms with Crippen molar-refractivity contribution in [2.75, 3.05) is 33.2 Å². The minimum absolute atomic E-state index is 0.152. The Bertz CT molecular complexity index is 175. The van der Waals surface area contributed by atoms with Crippen LogP contribution in [-0.4, -0.2) is 50.2 Å². The number of likely N-dealkylation sites (tertiary alicyclic amines) is 1. The molecule has 14 heavy (non-hydrogen) atoms. The lowest BCUT2D eigenvalue weighted by atomic mass is 10.1. The third-order valence-corrected chi connectivity index (χ3v) is 2.34. The summed E-state index contributed by atoms with van der Waals surface area (Å²) in [5.74, 6) is -2.76. The summed E-state index contributed by atoms with van der Waals surface area (Å²) in [5, 5.41) is 2.44. The quantitative estimate of drug-likeness (QED) is 0.752. The van der Waals surface area contributed by atoms with Crippen LogP contribution >= 0.6 is 0 Å². The van der Waals surface area contributed by atoms with E-state index in [1.165, 1.54) is 11.9 Å². The Morgan fingerprint density at radius 3 is 2.79 bits per heavy atom. The number of hydrogen-bond acceptors (Lipinski definition) is 2. The van der Waals surface area contributed by atoms with E-state index in [-0.39, 0.29) is 19.6 Å². The molecule has 5 heteroatoms. The Balaban J connectivity index is 2.34. The molecule has 1 aliphatic heterocycles. The van der Waals surface area contributed by atoms with Gasteiger partial charge in [0, 0.05) is 6.54 Å². The largest absolute Gasteiger partial charge is 0.314 e. The van der Waals surface area contributed by atoms with E-state index in [0.717, 1.165) is 0 Å². The van der Waals surface area contributed by atoms with Crippen LogP contribution in [0.1, 0.15) is 12.8 Å². The monoisotopic (exact) mass is 210 g/mol. The molecule has 0 aliphatic carbocycles. The Morgan fingerprint density at radius 2 is 2.21 bits per heavy atom. The highest BCUT2D eigenvalue weighted by Gasteiger charge is 2.32. The summed E-state index contributed by atoms with van der Waals surface area (Å²) < 4.78 is 39.1. The second-order valence-electron chi connectivity index (χ2n) is 3.86. The maximum atomic E-state index is 13.1. The van der Waals surface area contributed by atoms with Gasteiger partial charge in [-0.05, 0) is 26.4 Å². The summed E-state index contributed by atoms with van der Waals surface area (Å²) in [6.45, 7) is 0.0493. The molecule has 1 N–H and O–H groups in total. The van der Waals surface area contributed by atoms with E-state index in [4.69, 9.17) is 0 Å². The van der Waals surface area contributed by atoms with Crippen molar-refractivity contribution in [3.05, 3.63) is 0 Å². The van der Waals surface area contributed by atoms with Crippen molar-refractivity contribution in [2.24, 2.45) is 0 Å². The van der Waals surface area contributed by atoms with Crippen molar-refractivity contribution in [3.63, 3.8) is 0 Å². The first-order valence-electron chi connectivity index (χ1n) is 4.92. The third kappa shape index (κ3) is 3.84. The normalized spacial score (nSPS) is 25.3. The molecule has 1 unspecified atom stereocenters. The van der Waals surface area contributed by atoms with Gasteiger partial charge in [0.15, 0.2) is 0 Å². The van der Waals surface area contributed by atoms with Gasteiger partial charge in [0.05, 0.1) is 13.1 Å². The van der Waals surface area contributed by atoms with Gasteiger partial charge in [-0.25, -0.2) is 13.2 Å². The van der Waals surface area contributed by atoms with Gasteiger partial charge in [-0.3, -0.25) is 4.90 Å². The maximum Gasteiger partial charge on any atom is 0.272 e. The fourth-order valence-electron chi connectivity index (χ4n) is 1.78. The molecule has 0 aromatic heterocycles. The van der Waals surface area contributed by atoms with Crippen LogP contribution in [0.2, 0.25) is 0 Å². The van der Waals surface area contributed by atoms with E-state index >= 15 is 0 Å². The van der Waals surface area contributed by atoms with E-state index in [1.807, 2.05) is 0 Å². The standard InChI is InChI=1S/C9H17F3N2/c1-13-6-9(11,12)7-14-4-2-3-8(10)5-14/h8,13H,2-7H2,1H3. The average Bonchev–Trinajstić information content (AvgIpc) is 2.02. The topological polar surface area (TPSA) is 15.3 Å². The predicted octanol–water partition coefficient (Wildman–Crippen LogP) is 1.28. The summed E-state index contributed by atoms with van der Waals surface area (Å²) in [6, 6.07) is 0. The van der Waals surface area contributed by atoms with Crippen LogP contribution in [0, 0.1) is 0 Å². The van der Waals surface area contributed by atoms with E-state index in [0.29, 0.717) is 19.4 Å². The van der Waals surface area contributed by atoms with Gasteiger partial charge in [-0.15, -0.1) is 0 Å². The van der Waals surface area contributed by atoms with E-state index in [1.54, 1.807) is 0 Å². The number of rotatable bonds is 4. The maximum absolute atomic E-state index is 13.1. The van der Waals surface area contributed by atoms with Crippen LogP contribution in [-0.2, 0) is 0 Å². The van der Waals surface area contributed by atoms with Crippen LogP contribution in [0.3, 0.4) is 0 Å². The molecular weight excluding hydrogens is 193 g/mol. The first-order chi connectivity index (χ1) is 6.53. The van der Waals surface area contributed by atoms with Crippen molar-refractivity contribution in [3.8, 4) is 0 Å². The second-order valence-corrected chi connectivity index (χ2v) is 3.86. The predicted molar refractivity (Wildman–Crippen MR) is 49.4 cm³/mol. The third-order valence-electron chi connectivity index (χ3n) is 2.34. The summed E-state index contributed by atoms with van der Waals surface area (Å²) in [5.41, 5.74) is 0. The molecule has 1 aliphatic rings. The van der Waals surface area contributed by atoms with E-state index in [9.17, 15) is 13.2 Å². The van der Waals surface area contributed by atoms with Gasteiger partial charge in [0.25, 0.3) is 5.92 Å². The van der Waals surface area contributed by atoms with Crippen LogP contribution < -0.4 is 5.32 Å². The Morgan fingerprint density at radius 1 is 1.50 bits per heavy atom. The van der Waals surface area contributed by atoms with Gasteiger partial charge >= 0.3 is 0 Å². The molecule has 1 fully saturated rings. The summed E-state index contributed by atoms with van der Waals surface area (Å²) in [4.78, 5) is 1.51. The highest BCUT2D eigenvalue weighted by atomic mass is 19.3. The Labute approximate surface area is 82.5 Å². The minimum atomic E-state index is -2.76. The smallest absolute Gasteiger partial charge is 0.272 e.